The number of para-hydroxylation sites is 2. The van der Waals surface area contributed by atoms with E-state index in [1.54, 1.807) is 42.5 Å². The van der Waals surface area contributed by atoms with Crippen LogP contribution in [0, 0.1) is 18.3 Å². The van der Waals surface area contributed by atoms with Crippen molar-refractivity contribution in [2.45, 2.75) is 26.5 Å². The first-order chi connectivity index (χ1) is 35.6. The lowest BCUT2D eigenvalue weighted by Gasteiger charge is -2.13. The van der Waals surface area contributed by atoms with Crippen molar-refractivity contribution in [1.29, 1.82) is 5.26 Å². The number of nitrogens with one attached hydrogen (secondary N) is 2. The highest BCUT2D eigenvalue weighted by atomic mass is 32.2. The van der Waals surface area contributed by atoms with Gasteiger partial charge in [0.2, 0.25) is 11.0 Å². The molecule has 8 aromatic rings. The minimum Gasteiger partial charge on any atom is -0.505 e. The summed E-state index contributed by atoms with van der Waals surface area (Å²) in [5.74, 6) is -2.41. The Kier molecular flexibility index (Phi) is 15.6. The average molecular weight is 1150 g/mol. The predicted molar refractivity (Wildman–Crippen MR) is 262 cm³/mol. The fourth-order valence-electron chi connectivity index (χ4n) is 7.00. The van der Waals surface area contributed by atoms with Gasteiger partial charge in [-0.1, -0.05) is 33.5 Å². The van der Waals surface area contributed by atoms with Gasteiger partial charge in [-0.3, -0.25) is 18.1 Å². The van der Waals surface area contributed by atoms with Crippen LogP contribution in [0.3, 0.4) is 0 Å². The Balaban J connectivity index is 1.23. The standard InChI is InChI=1S/C39H28N12O18S6/c1-17-21(16-40)36-42-22-4-2-3-5-28(22)51(36)37(53)32(17)48-45-24-9-7-19-20(35(24)75(63,64)65)13-30(72-69-67-56)33(34(19)52)49-47-27-14-25(43-38(54)41-10-11-73(57,58)59)26(15-31(27)74(60,61)62)46-50-39-44-23-8-6-18(71-68-66-55)12-29(23)70-39/h2-9,12-15,52-53,55-56H,10-11H2,1H3,(H2,41,43,54)(H,57,58,59)(H,60,61,62)(H,63,64,65). The Morgan fingerprint density at radius 3 is 2.20 bits per heavy atom. The van der Waals surface area contributed by atoms with Crippen molar-refractivity contribution in [3.05, 3.63) is 83.9 Å². The van der Waals surface area contributed by atoms with Crippen molar-refractivity contribution in [3.8, 4) is 17.7 Å². The molecular weight excluding hydrogens is 1120 g/mol. The molecule has 30 nitrogen and oxygen atoms in total. The molecule has 0 saturated carbocycles. The fraction of sp³-hybridized carbons (Fsp3) is 0.0769. The first kappa shape index (κ1) is 53.8. The number of aromatic hydroxyl groups is 2. The molecule has 388 valence electrons. The number of nitrogens with zero attached hydrogens (tertiary/aromatic N) is 10. The van der Waals surface area contributed by atoms with E-state index < -0.39 is 114 Å². The summed E-state index contributed by atoms with van der Waals surface area (Å²) in [6.45, 7) is 0.799. The molecule has 0 aliphatic carbocycles. The molecule has 0 aliphatic heterocycles. The third kappa shape index (κ3) is 11.8. The molecule has 0 bridgehead atoms. The second kappa shape index (κ2) is 21.8. The molecule has 8 rings (SSSR count). The molecular formula is C39H28N12O18S6. The molecule has 3 aromatic heterocycles. The van der Waals surface area contributed by atoms with Crippen LogP contribution in [-0.2, 0) is 49.1 Å². The number of urea groups is 1. The minimum absolute atomic E-state index is 0.0120. The lowest BCUT2D eigenvalue weighted by molar-refractivity contribution is -0.432. The molecule has 0 aliphatic rings. The highest BCUT2D eigenvalue weighted by Gasteiger charge is 2.27. The lowest BCUT2D eigenvalue weighted by atomic mass is 10.1. The van der Waals surface area contributed by atoms with Gasteiger partial charge in [-0.25, -0.2) is 25.3 Å². The van der Waals surface area contributed by atoms with Crippen molar-refractivity contribution in [2.24, 2.45) is 30.7 Å². The topological polar surface area (TPSA) is 450 Å². The number of anilines is 1. The van der Waals surface area contributed by atoms with Gasteiger partial charge in [0.05, 0.1) is 61.7 Å². The third-order valence-electron chi connectivity index (χ3n) is 10.1. The van der Waals surface area contributed by atoms with E-state index in [0.717, 1.165) is 35.6 Å². The molecule has 36 heteroatoms. The SMILES string of the molecule is Cc1c(N=Nc2ccc3c(O)c(N=Nc4cc(NC(=O)NCCS(=O)(=O)O)c(N=Nc5nc6ccc(SOOO)cc6s5)cc4S(=O)(=O)O)c(SOOO)cc3c2S(=O)(=O)O)c(O)n2c(nc3ccccc32)c1C#N. The Labute approximate surface area is 431 Å². The van der Waals surface area contributed by atoms with Gasteiger partial charge in [-0.2, -0.15) is 30.5 Å². The van der Waals surface area contributed by atoms with Gasteiger partial charge in [-0.15, -0.1) is 39.4 Å². The molecule has 75 heavy (non-hydrogen) atoms. The molecule has 0 atom stereocenters. The second-order valence-electron chi connectivity index (χ2n) is 14.8. The van der Waals surface area contributed by atoms with Crippen molar-refractivity contribution >= 4 is 149 Å². The summed E-state index contributed by atoms with van der Waals surface area (Å²) in [4.78, 5) is 19.6. The quantitative estimate of drug-likeness (QED) is 0.0127. The normalized spacial score (nSPS) is 12.6. The predicted octanol–water partition coefficient (Wildman–Crippen LogP) is 9.45. The van der Waals surface area contributed by atoms with E-state index in [0.29, 0.717) is 44.3 Å². The van der Waals surface area contributed by atoms with Gasteiger partial charge >= 0.3 is 6.03 Å². The van der Waals surface area contributed by atoms with Crippen LogP contribution in [0.25, 0.3) is 37.7 Å². The van der Waals surface area contributed by atoms with E-state index in [1.807, 2.05) is 6.07 Å². The number of thiazole rings is 1. The molecule has 2 amide bonds. The summed E-state index contributed by atoms with van der Waals surface area (Å²) >= 11 is 1.69. The zero-order valence-electron chi connectivity index (χ0n) is 36.9. The number of hydrogen-bond acceptors (Lipinski definition) is 27. The Morgan fingerprint density at radius 1 is 0.787 bits per heavy atom. The summed E-state index contributed by atoms with van der Waals surface area (Å²) in [6.07, 6.45) is 0. The van der Waals surface area contributed by atoms with Crippen molar-refractivity contribution in [1.82, 2.24) is 19.7 Å². The Hall–Kier alpha value is -7.45. The number of carbonyl (C=O) groups excluding carboxylic acids is 1. The number of carbonyl (C=O) groups is 1. The lowest BCUT2D eigenvalue weighted by Crippen LogP contribution is -2.32. The van der Waals surface area contributed by atoms with Crippen LogP contribution >= 0.6 is 35.4 Å². The molecule has 0 radical (unpaired) electrons. The number of nitriles is 1. The number of phenolic OH excluding ortho intramolecular Hbond substituents is 1. The second-order valence-corrected chi connectivity index (χ2v) is 21.6. The van der Waals surface area contributed by atoms with E-state index in [1.165, 1.54) is 11.3 Å². The van der Waals surface area contributed by atoms with Gasteiger partial charge < -0.3 is 20.8 Å². The number of phenols is 1. The van der Waals surface area contributed by atoms with Crippen LogP contribution in [0.4, 0.5) is 44.1 Å². The van der Waals surface area contributed by atoms with E-state index in [9.17, 15) is 54.6 Å². The third-order valence-corrected chi connectivity index (χ3v) is 14.8. The van der Waals surface area contributed by atoms with Crippen LogP contribution in [0.5, 0.6) is 11.6 Å². The Bertz CT molecular complexity index is 4130. The fourth-order valence-corrected chi connectivity index (χ4v) is 10.6. The van der Waals surface area contributed by atoms with Crippen LogP contribution in [0.1, 0.15) is 11.1 Å². The summed E-state index contributed by atoms with van der Waals surface area (Å²) in [5, 5.41) is 85.3. The highest BCUT2D eigenvalue weighted by Crippen LogP contribution is 2.49. The summed E-state index contributed by atoms with van der Waals surface area (Å²) in [6, 6.07) is 16.6. The average Bonchev–Trinajstić information content (AvgIpc) is 3.96. The minimum atomic E-state index is -5.36. The monoisotopic (exact) mass is 1140 g/mol. The zero-order valence-corrected chi connectivity index (χ0v) is 41.8. The number of pyridine rings is 1. The van der Waals surface area contributed by atoms with Gasteiger partial charge in [0, 0.05) is 27.8 Å². The first-order valence-corrected chi connectivity index (χ1v) is 26.8. The number of aromatic nitrogens is 3. The number of benzene rings is 5. The number of amides is 2. The maximum Gasteiger partial charge on any atom is 0.319 e. The van der Waals surface area contributed by atoms with Crippen molar-refractivity contribution in [3.63, 3.8) is 0 Å². The van der Waals surface area contributed by atoms with Crippen molar-refractivity contribution < 1.29 is 83.2 Å². The van der Waals surface area contributed by atoms with E-state index >= 15 is 0 Å². The number of fused-ring (bicyclic) bond motifs is 5. The zero-order chi connectivity index (χ0) is 54.0. The number of rotatable bonds is 18. The molecule has 5 aromatic carbocycles. The van der Waals surface area contributed by atoms with Crippen molar-refractivity contribution in [2.75, 3.05) is 17.6 Å². The van der Waals surface area contributed by atoms with Gasteiger partial charge in [0.25, 0.3) is 30.4 Å². The largest absolute Gasteiger partial charge is 0.505 e. The Morgan fingerprint density at radius 2 is 1.49 bits per heavy atom. The summed E-state index contributed by atoms with van der Waals surface area (Å²) in [7, 11) is -15.2. The first-order valence-electron chi connectivity index (χ1n) is 20.0. The number of hydrogen-bond donors (Lipinski definition) is 9. The van der Waals surface area contributed by atoms with Gasteiger partial charge in [0.1, 0.15) is 44.2 Å². The molecule has 0 saturated heterocycles. The molecule has 9 N–H and O–H groups in total. The van der Waals surface area contributed by atoms with Crippen LogP contribution in [0.2, 0.25) is 0 Å². The summed E-state index contributed by atoms with van der Waals surface area (Å²) in [5.41, 5.74) is -1.93. The molecule has 3 heterocycles. The van der Waals surface area contributed by atoms with E-state index in [-0.39, 0.29) is 39.6 Å². The van der Waals surface area contributed by atoms with Gasteiger partial charge in [-0.05, 0) is 67.6 Å². The summed E-state index contributed by atoms with van der Waals surface area (Å²) < 4.78 is 116. The number of azo groups is 3. The molecule has 0 fully saturated rings. The van der Waals surface area contributed by atoms with Gasteiger partial charge in [0.15, 0.2) is 17.1 Å². The molecule has 0 spiro atoms. The highest BCUT2D eigenvalue weighted by molar-refractivity contribution is 7.95. The van der Waals surface area contributed by atoms with E-state index in [2.05, 4.69) is 70.0 Å². The smallest absolute Gasteiger partial charge is 0.319 e. The van der Waals surface area contributed by atoms with Crippen LogP contribution in [0.15, 0.2) is 123 Å². The van der Waals surface area contributed by atoms with Crippen LogP contribution < -0.4 is 10.6 Å². The maximum atomic E-state index is 13.2. The van der Waals surface area contributed by atoms with Crippen LogP contribution in [-0.4, -0.2) is 92.3 Å². The maximum absolute atomic E-state index is 13.2. The molecule has 0 unspecified atom stereocenters. The van der Waals surface area contributed by atoms with E-state index in [4.69, 9.17) is 15.1 Å². The number of imidazole rings is 1.